The van der Waals surface area contributed by atoms with Crippen LogP contribution >= 0.6 is 0 Å². The lowest BCUT2D eigenvalue weighted by molar-refractivity contribution is -0.128. The Bertz CT molecular complexity index is 501. The zero-order valence-electron chi connectivity index (χ0n) is 12.2. The van der Waals surface area contributed by atoms with Gasteiger partial charge in [-0.05, 0) is 24.5 Å². The number of benzene rings is 1. The Balaban J connectivity index is 1.48. The Hall–Kier alpha value is -1.65. The Kier molecular flexibility index (Phi) is 4.36. The van der Waals surface area contributed by atoms with Gasteiger partial charge in [-0.3, -0.25) is 9.69 Å². The van der Waals surface area contributed by atoms with Crippen LogP contribution in [0.4, 0.5) is 0 Å². The first-order valence-corrected chi connectivity index (χ1v) is 7.66. The third-order valence-electron chi connectivity index (χ3n) is 4.40. The smallest absolute Gasteiger partial charge is 0.246 e. The summed E-state index contributed by atoms with van der Waals surface area (Å²) in [6.07, 6.45) is 5.43. The molecule has 2 heterocycles. The third-order valence-corrected chi connectivity index (χ3v) is 4.40. The van der Waals surface area contributed by atoms with Crippen LogP contribution in [0.1, 0.15) is 18.4 Å². The van der Waals surface area contributed by atoms with Gasteiger partial charge in [-0.1, -0.05) is 30.3 Å². The summed E-state index contributed by atoms with van der Waals surface area (Å²) in [7, 11) is 0. The lowest BCUT2D eigenvalue weighted by Crippen LogP contribution is -2.58. The van der Waals surface area contributed by atoms with Crippen molar-refractivity contribution < 1.29 is 9.90 Å². The topological polar surface area (TPSA) is 43.8 Å². The summed E-state index contributed by atoms with van der Waals surface area (Å²) in [5.74, 6) is 0.0981. The number of carbonyl (C=O) groups is 1. The Morgan fingerprint density at radius 2 is 1.81 bits per heavy atom. The standard InChI is InChI=1S/C17H22N2O2/c20-16-12-19(13-16)15-8-10-18(11-9-15)17(21)7-6-14-4-2-1-3-5-14/h1-7,15-16,20H,8-13H2. The average Bonchev–Trinajstić information content (AvgIpc) is 2.51. The summed E-state index contributed by atoms with van der Waals surface area (Å²) in [5, 5.41) is 9.35. The van der Waals surface area contributed by atoms with Crippen molar-refractivity contribution in [2.75, 3.05) is 26.2 Å². The molecule has 2 fully saturated rings. The zero-order chi connectivity index (χ0) is 14.7. The fourth-order valence-electron chi connectivity index (χ4n) is 3.07. The van der Waals surface area contributed by atoms with E-state index in [0.29, 0.717) is 6.04 Å². The molecule has 3 rings (SSSR count). The molecule has 2 aliphatic rings. The van der Waals surface area contributed by atoms with Crippen LogP contribution in [0.5, 0.6) is 0 Å². The van der Waals surface area contributed by atoms with Gasteiger partial charge in [-0.2, -0.15) is 0 Å². The predicted octanol–water partition coefficient (Wildman–Crippen LogP) is 1.37. The van der Waals surface area contributed by atoms with Crippen LogP contribution in [-0.4, -0.2) is 59.1 Å². The van der Waals surface area contributed by atoms with Gasteiger partial charge >= 0.3 is 0 Å². The number of piperidine rings is 1. The molecule has 1 N–H and O–H groups in total. The fraction of sp³-hybridized carbons (Fsp3) is 0.471. The normalized spacial score (nSPS) is 21.7. The van der Waals surface area contributed by atoms with Crippen LogP contribution in [0.25, 0.3) is 6.08 Å². The van der Waals surface area contributed by atoms with Crippen molar-refractivity contribution in [2.24, 2.45) is 0 Å². The van der Waals surface area contributed by atoms with E-state index in [-0.39, 0.29) is 12.0 Å². The number of likely N-dealkylation sites (tertiary alicyclic amines) is 2. The summed E-state index contributed by atoms with van der Waals surface area (Å²) < 4.78 is 0. The van der Waals surface area contributed by atoms with Gasteiger partial charge in [-0.25, -0.2) is 0 Å². The molecule has 0 saturated carbocycles. The number of hydrogen-bond donors (Lipinski definition) is 1. The van der Waals surface area contributed by atoms with Gasteiger partial charge in [0.2, 0.25) is 5.91 Å². The van der Waals surface area contributed by atoms with Crippen molar-refractivity contribution in [3.05, 3.63) is 42.0 Å². The Morgan fingerprint density at radius 1 is 1.14 bits per heavy atom. The molecule has 0 aromatic heterocycles. The SMILES string of the molecule is O=C(C=Cc1ccccc1)N1CCC(N2CC(O)C2)CC1. The molecule has 4 nitrogen and oxygen atoms in total. The second kappa shape index (κ2) is 6.41. The van der Waals surface area contributed by atoms with Gasteiger partial charge in [0.25, 0.3) is 0 Å². The predicted molar refractivity (Wildman–Crippen MR) is 82.7 cm³/mol. The summed E-state index contributed by atoms with van der Waals surface area (Å²) >= 11 is 0. The average molecular weight is 286 g/mol. The van der Waals surface area contributed by atoms with Gasteiger partial charge in [0.05, 0.1) is 6.10 Å². The van der Waals surface area contributed by atoms with Crippen molar-refractivity contribution in [3.8, 4) is 0 Å². The van der Waals surface area contributed by atoms with Gasteiger partial charge in [0.1, 0.15) is 0 Å². The van der Waals surface area contributed by atoms with Crippen molar-refractivity contribution in [3.63, 3.8) is 0 Å². The number of aliphatic hydroxyl groups excluding tert-OH is 1. The molecule has 0 aliphatic carbocycles. The van der Waals surface area contributed by atoms with Crippen LogP contribution in [-0.2, 0) is 4.79 Å². The molecule has 1 aromatic carbocycles. The minimum absolute atomic E-state index is 0.0981. The summed E-state index contributed by atoms with van der Waals surface area (Å²) in [6, 6.07) is 10.4. The number of amides is 1. The maximum Gasteiger partial charge on any atom is 0.246 e. The number of carbonyl (C=O) groups excluding carboxylic acids is 1. The Morgan fingerprint density at radius 3 is 2.43 bits per heavy atom. The second-order valence-corrected chi connectivity index (χ2v) is 5.91. The number of hydrogen-bond acceptors (Lipinski definition) is 3. The molecular formula is C17H22N2O2. The number of β-amino-alcohol motifs (C(OH)–C–C–N with tert-alkyl or cyclic N) is 1. The monoisotopic (exact) mass is 286 g/mol. The highest BCUT2D eigenvalue weighted by molar-refractivity contribution is 5.91. The van der Waals surface area contributed by atoms with Gasteiger partial charge in [-0.15, -0.1) is 0 Å². The lowest BCUT2D eigenvalue weighted by Gasteiger charge is -2.45. The first-order chi connectivity index (χ1) is 10.2. The summed E-state index contributed by atoms with van der Waals surface area (Å²) in [4.78, 5) is 16.4. The van der Waals surface area contributed by atoms with Crippen LogP contribution in [0, 0.1) is 0 Å². The second-order valence-electron chi connectivity index (χ2n) is 5.91. The van der Waals surface area contributed by atoms with Crippen LogP contribution in [0.15, 0.2) is 36.4 Å². The molecule has 0 spiro atoms. The molecule has 1 amide bonds. The molecule has 2 aliphatic heterocycles. The molecule has 0 atom stereocenters. The van der Waals surface area contributed by atoms with Gasteiger partial charge in [0, 0.05) is 38.3 Å². The molecule has 112 valence electrons. The first-order valence-electron chi connectivity index (χ1n) is 7.66. The maximum absolute atomic E-state index is 12.2. The lowest BCUT2D eigenvalue weighted by atomic mass is 9.98. The van der Waals surface area contributed by atoms with E-state index in [2.05, 4.69) is 4.90 Å². The molecular weight excluding hydrogens is 264 g/mol. The highest BCUT2D eigenvalue weighted by atomic mass is 16.3. The van der Waals surface area contributed by atoms with Gasteiger partial charge in [0.15, 0.2) is 0 Å². The molecule has 2 saturated heterocycles. The molecule has 0 unspecified atom stereocenters. The van der Waals surface area contributed by atoms with E-state index < -0.39 is 0 Å². The van der Waals surface area contributed by atoms with Crippen molar-refractivity contribution >= 4 is 12.0 Å². The summed E-state index contributed by atoms with van der Waals surface area (Å²) in [6.45, 7) is 3.23. The maximum atomic E-state index is 12.2. The van der Waals surface area contributed by atoms with E-state index in [1.807, 2.05) is 41.3 Å². The van der Waals surface area contributed by atoms with Crippen LogP contribution < -0.4 is 0 Å². The fourth-order valence-corrected chi connectivity index (χ4v) is 3.07. The van der Waals surface area contributed by atoms with Crippen molar-refractivity contribution in [1.29, 1.82) is 0 Å². The van der Waals surface area contributed by atoms with E-state index in [0.717, 1.165) is 44.6 Å². The minimum atomic E-state index is -0.140. The number of aliphatic hydroxyl groups is 1. The highest BCUT2D eigenvalue weighted by Gasteiger charge is 2.33. The van der Waals surface area contributed by atoms with E-state index in [9.17, 15) is 9.90 Å². The molecule has 0 radical (unpaired) electrons. The quantitative estimate of drug-likeness (QED) is 0.854. The summed E-state index contributed by atoms with van der Waals surface area (Å²) in [5.41, 5.74) is 1.05. The van der Waals surface area contributed by atoms with Crippen molar-refractivity contribution in [2.45, 2.75) is 25.0 Å². The van der Waals surface area contributed by atoms with E-state index >= 15 is 0 Å². The zero-order valence-corrected chi connectivity index (χ0v) is 12.2. The third kappa shape index (κ3) is 3.52. The molecule has 4 heteroatoms. The number of rotatable bonds is 3. The van der Waals surface area contributed by atoms with E-state index in [1.165, 1.54) is 0 Å². The van der Waals surface area contributed by atoms with E-state index in [4.69, 9.17) is 0 Å². The first kappa shape index (κ1) is 14.3. The Labute approximate surface area is 125 Å². The van der Waals surface area contributed by atoms with Gasteiger partial charge < -0.3 is 10.0 Å². The molecule has 21 heavy (non-hydrogen) atoms. The molecule has 0 bridgehead atoms. The van der Waals surface area contributed by atoms with E-state index in [1.54, 1.807) is 6.08 Å². The van der Waals surface area contributed by atoms with Crippen LogP contribution in [0.3, 0.4) is 0 Å². The largest absolute Gasteiger partial charge is 0.390 e. The van der Waals surface area contributed by atoms with Crippen molar-refractivity contribution in [1.82, 2.24) is 9.80 Å². The minimum Gasteiger partial charge on any atom is -0.390 e. The highest BCUT2D eigenvalue weighted by Crippen LogP contribution is 2.21. The molecule has 1 aromatic rings. The number of nitrogens with zero attached hydrogens (tertiary/aromatic N) is 2. The van der Waals surface area contributed by atoms with Crippen LogP contribution in [0.2, 0.25) is 0 Å².